The molecule has 4 rings (SSSR count). The van der Waals surface area contributed by atoms with Crippen molar-refractivity contribution < 1.29 is 23.7 Å². The van der Waals surface area contributed by atoms with E-state index in [1.165, 1.54) is 21.3 Å². The molecule has 4 atom stereocenters. The van der Waals surface area contributed by atoms with Crippen LogP contribution < -0.4 is 14.2 Å². The molecule has 172 valence electrons. The third-order valence-corrected chi connectivity index (χ3v) is 6.68. The summed E-state index contributed by atoms with van der Waals surface area (Å²) < 4.78 is 28.1. The highest BCUT2D eigenvalue weighted by Gasteiger charge is 2.79. The molecule has 0 radical (unpaired) electrons. The highest BCUT2D eigenvalue weighted by molar-refractivity contribution is 5.90. The van der Waals surface area contributed by atoms with Gasteiger partial charge in [0.1, 0.15) is 11.9 Å². The first-order chi connectivity index (χ1) is 16.3. The van der Waals surface area contributed by atoms with Gasteiger partial charge in [0, 0.05) is 6.92 Å². The van der Waals surface area contributed by atoms with Gasteiger partial charge in [-0.2, -0.15) is 15.8 Å². The number of fused-ring (bicyclic) bond motifs is 2. The van der Waals surface area contributed by atoms with E-state index in [4.69, 9.17) is 29.1 Å². The molecule has 0 aromatic heterocycles. The van der Waals surface area contributed by atoms with Gasteiger partial charge in [0.05, 0.1) is 45.5 Å². The number of nitrogens with one attached hydrogen (secondary N) is 1. The SMILES string of the molecule is COc1ccc(C2C3(C)OC(=N)C2(C#N)C(C#N)(C#N)C(c2ccc(OC)c(OC)c2)O3)cc1. The Kier molecular flexibility index (Phi) is 5.36. The number of nitrogens with zero attached hydrogens (tertiary/aromatic N) is 3. The molecule has 2 fully saturated rings. The number of ether oxygens (including phenoxy) is 5. The molecule has 2 aliphatic rings. The van der Waals surface area contributed by atoms with Crippen molar-refractivity contribution in [3.8, 4) is 35.5 Å². The Balaban J connectivity index is 1.98. The molecular weight excluding hydrogens is 436 g/mol. The van der Waals surface area contributed by atoms with Gasteiger partial charge in [-0.15, -0.1) is 0 Å². The van der Waals surface area contributed by atoms with Crippen LogP contribution in [0, 0.1) is 50.2 Å². The maximum absolute atomic E-state index is 10.5. The first-order valence-electron chi connectivity index (χ1n) is 10.4. The van der Waals surface area contributed by atoms with Crippen molar-refractivity contribution in [1.29, 1.82) is 21.2 Å². The van der Waals surface area contributed by atoms with Crippen molar-refractivity contribution in [1.82, 2.24) is 0 Å². The van der Waals surface area contributed by atoms with Gasteiger partial charge in [0.2, 0.25) is 17.1 Å². The topological polar surface area (TPSA) is 141 Å². The largest absolute Gasteiger partial charge is 0.497 e. The Hall–Kier alpha value is -4.26. The highest BCUT2D eigenvalue weighted by atomic mass is 16.7. The predicted octanol–water partition coefficient (Wildman–Crippen LogP) is 3.83. The van der Waals surface area contributed by atoms with Crippen molar-refractivity contribution in [2.75, 3.05) is 21.3 Å². The Morgan fingerprint density at radius 2 is 1.47 bits per heavy atom. The summed E-state index contributed by atoms with van der Waals surface area (Å²) in [5, 5.41) is 40.1. The van der Waals surface area contributed by atoms with E-state index in [2.05, 4.69) is 6.07 Å². The average Bonchev–Trinajstić information content (AvgIpc) is 3.05. The number of rotatable bonds is 5. The highest BCUT2D eigenvalue weighted by Crippen LogP contribution is 2.69. The van der Waals surface area contributed by atoms with Crippen molar-refractivity contribution in [3.05, 3.63) is 53.6 Å². The molecule has 2 saturated heterocycles. The standard InChI is InChI=1S/C25H22N4O5/c1-23-20(15-5-8-17(30-2)9-6-15)25(14-28,22(29)34-23)24(12-26,13-27)21(33-23)16-7-10-18(31-3)19(11-16)32-4/h5-11,20-21,29H,1-4H3. The predicted molar refractivity (Wildman–Crippen MR) is 118 cm³/mol. The van der Waals surface area contributed by atoms with Gasteiger partial charge >= 0.3 is 0 Å². The molecule has 9 heteroatoms. The van der Waals surface area contributed by atoms with Crippen LogP contribution in [0.1, 0.15) is 30.1 Å². The van der Waals surface area contributed by atoms with Crippen LogP contribution in [0.2, 0.25) is 0 Å². The lowest BCUT2D eigenvalue weighted by atomic mass is 9.52. The van der Waals surface area contributed by atoms with Crippen LogP contribution in [0.15, 0.2) is 42.5 Å². The zero-order valence-electron chi connectivity index (χ0n) is 19.1. The minimum atomic E-state index is -2.11. The van der Waals surface area contributed by atoms with Crippen molar-refractivity contribution in [2.45, 2.75) is 24.7 Å². The van der Waals surface area contributed by atoms with E-state index < -0.39 is 34.5 Å². The summed E-state index contributed by atoms with van der Waals surface area (Å²) >= 11 is 0. The molecule has 2 aromatic rings. The fourth-order valence-electron chi connectivity index (χ4n) is 5.10. The molecule has 0 saturated carbocycles. The van der Waals surface area contributed by atoms with Crippen LogP contribution in [0.25, 0.3) is 0 Å². The van der Waals surface area contributed by atoms with Gasteiger partial charge in [0.25, 0.3) is 0 Å². The second kappa shape index (κ2) is 7.95. The average molecular weight is 458 g/mol. The van der Waals surface area contributed by atoms with Crippen molar-refractivity contribution in [2.24, 2.45) is 10.8 Å². The van der Waals surface area contributed by atoms with E-state index in [1.54, 1.807) is 49.4 Å². The summed E-state index contributed by atoms with van der Waals surface area (Å²) in [4.78, 5) is 0. The molecule has 2 aliphatic heterocycles. The molecule has 0 aliphatic carbocycles. The van der Waals surface area contributed by atoms with Gasteiger partial charge in [-0.05, 0) is 35.4 Å². The third-order valence-electron chi connectivity index (χ3n) is 6.68. The first-order valence-corrected chi connectivity index (χ1v) is 10.4. The Morgan fingerprint density at radius 1 is 0.853 bits per heavy atom. The number of hydrogen-bond acceptors (Lipinski definition) is 9. The molecule has 0 amide bonds. The van der Waals surface area contributed by atoms with Crippen molar-refractivity contribution in [3.63, 3.8) is 0 Å². The number of hydrogen-bond donors (Lipinski definition) is 1. The van der Waals surface area contributed by atoms with E-state index >= 15 is 0 Å². The fraction of sp³-hybridized carbons (Fsp3) is 0.360. The van der Waals surface area contributed by atoms with E-state index in [9.17, 15) is 15.8 Å². The molecule has 2 heterocycles. The smallest absolute Gasteiger partial charge is 0.218 e. The second-order valence-corrected chi connectivity index (χ2v) is 8.22. The summed E-state index contributed by atoms with van der Waals surface area (Å²) in [5.41, 5.74) is -3.07. The van der Waals surface area contributed by atoms with Crippen LogP contribution in [-0.4, -0.2) is 33.0 Å². The molecule has 2 bridgehead atoms. The summed E-state index contributed by atoms with van der Waals surface area (Å²) in [6.07, 6.45) is -1.22. The van der Waals surface area contributed by atoms with E-state index in [-0.39, 0.29) is 0 Å². The van der Waals surface area contributed by atoms with E-state index in [0.29, 0.717) is 28.4 Å². The second-order valence-electron chi connectivity index (χ2n) is 8.22. The third kappa shape index (κ3) is 2.76. The molecule has 4 unspecified atom stereocenters. The van der Waals surface area contributed by atoms with Gasteiger partial charge in [-0.3, -0.25) is 5.41 Å². The Bertz CT molecular complexity index is 1260. The van der Waals surface area contributed by atoms with E-state index in [0.717, 1.165) is 0 Å². The molecule has 9 nitrogen and oxygen atoms in total. The van der Waals surface area contributed by atoms with Gasteiger partial charge in [-0.25, -0.2) is 0 Å². The zero-order chi connectivity index (χ0) is 24.7. The summed E-state index contributed by atoms with van der Waals surface area (Å²) in [6.45, 7) is 1.61. The quantitative estimate of drug-likeness (QED) is 0.712. The molecule has 1 N–H and O–H groups in total. The van der Waals surface area contributed by atoms with E-state index in [1.807, 2.05) is 12.1 Å². The molecule has 2 aromatic carbocycles. The van der Waals surface area contributed by atoms with Gasteiger partial charge in [-0.1, -0.05) is 18.2 Å². The summed E-state index contributed by atoms with van der Waals surface area (Å²) in [5.74, 6) is -1.51. The Morgan fingerprint density at radius 3 is 2.00 bits per heavy atom. The normalized spacial score (nSPS) is 28.6. The minimum absolute atomic E-state index is 0.366. The number of nitriles is 3. The van der Waals surface area contributed by atoms with Crippen LogP contribution >= 0.6 is 0 Å². The summed E-state index contributed by atoms with van der Waals surface area (Å²) in [6, 6.07) is 17.9. The molecular formula is C25H22N4O5. The Labute approximate surface area is 197 Å². The van der Waals surface area contributed by atoms with Crippen molar-refractivity contribution >= 4 is 5.90 Å². The lowest BCUT2D eigenvalue weighted by Crippen LogP contribution is -2.57. The lowest BCUT2D eigenvalue weighted by molar-refractivity contribution is -0.253. The molecule has 34 heavy (non-hydrogen) atoms. The minimum Gasteiger partial charge on any atom is -0.497 e. The van der Waals surface area contributed by atoms with Crippen LogP contribution in [-0.2, 0) is 9.47 Å². The van der Waals surface area contributed by atoms with Crippen LogP contribution in [0.3, 0.4) is 0 Å². The fourth-order valence-corrected chi connectivity index (χ4v) is 5.10. The van der Waals surface area contributed by atoms with Crippen LogP contribution in [0.4, 0.5) is 0 Å². The van der Waals surface area contributed by atoms with Gasteiger partial charge in [0.15, 0.2) is 16.9 Å². The zero-order valence-corrected chi connectivity index (χ0v) is 19.1. The number of methoxy groups -OCH3 is 3. The molecule has 0 spiro atoms. The van der Waals surface area contributed by atoms with Gasteiger partial charge < -0.3 is 23.7 Å². The first kappa shape index (κ1) is 22.9. The number of benzene rings is 2. The maximum atomic E-state index is 10.5. The maximum Gasteiger partial charge on any atom is 0.218 e. The summed E-state index contributed by atoms with van der Waals surface area (Å²) in [7, 11) is 4.49. The van der Waals surface area contributed by atoms with Crippen LogP contribution in [0.5, 0.6) is 17.2 Å². The lowest BCUT2D eigenvalue weighted by Gasteiger charge is -2.48. The monoisotopic (exact) mass is 458 g/mol.